The van der Waals surface area contributed by atoms with Crippen molar-refractivity contribution in [2.24, 2.45) is 0 Å². The number of ether oxygens (including phenoxy) is 1. The molecular formula is C9H20FNO. The molecule has 0 bridgehead atoms. The van der Waals surface area contributed by atoms with Gasteiger partial charge in [0.05, 0.1) is 13.3 Å². The minimum Gasteiger partial charge on any atom is -0.383 e. The number of hydrogen-bond acceptors (Lipinski definition) is 2. The van der Waals surface area contributed by atoms with Gasteiger partial charge in [0.15, 0.2) is 0 Å². The maximum absolute atomic E-state index is 11.9. The van der Waals surface area contributed by atoms with Crippen LogP contribution in [0.1, 0.15) is 20.3 Å². The summed E-state index contributed by atoms with van der Waals surface area (Å²) in [5, 5.41) is 0. The highest BCUT2D eigenvalue weighted by molar-refractivity contribution is 4.61. The second-order valence-corrected chi connectivity index (χ2v) is 3.17. The van der Waals surface area contributed by atoms with Crippen molar-refractivity contribution in [3.05, 3.63) is 0 Å². The molecule has 0 aliphatic rings. The van der Waals surface area contributed by atoms with Gasteiger partial charge in [0, 0.05) is 26.2 Å². The minimum atomic E-state index is -0.226. The predicted molar refractivity (Wildman–Crippen MR) is 49.2 cm³/mol. The van der Waals surface area contributed by atoms with Gasteiger partial charge >= 0.3 is 0 Å². The van der Waals surface area contributed by atoms with Crippen LogP contribution in [-0.4, -0.2) is 44.4 Å². The number of methoxy groups -OCH3 is 1. The summed E-state index contributed by atoms with van der Waals surface area (Å²) in [5.41, 5.74) is 0. The Bertz CT molecular complexity index is 90.5. The Hall–Kier alpha value is -0.150. The molecule has 0 aromatic rings. The Morgan fingerprint density at radius 1 is 1.33 bits per heavy atom. The minimum absolute atomic E-state index is 0.226. The van der Waals surface area contributed by atoms with Crippen LogP contribution in [0.25, 0.3) is 0 Å². The van der Waals surface area contributed by atoms with Crippen molar-refractivity contribution in [2.75, 3.05) is 33.5 Å². The summed E-state index contributed by atoms with van der Waals surface area (Å²) in [6.07, 6.45) is 0.627. The van der Waals surface area contributed by atoms with Gasteiger partial charge in [0.25, 0.3) is 0 Å². The van der Waals surface area contributed by atoms with Gasteiger partial charge in [-0.05, 0) is 20.3 Å². The molecule has 0 radical (unpaired) electrons. The lowest BCUT2D eigenvalue weighted by molar-refractivity contribution is 0.127. The fourth-order valence-corrected chi connectivity index (χ4v) is 1.10. The fourth-order valence-electron chi connectivity index (χ4n) is 1.10. The summed E-state index contributed by atoms with van der Waals surface area (Å²) in [5.74, 6) is 0. The highest BCUT2D eigenvalue weighted by atomic mass is 19.1. The first kappa shape index (κ1) is 11.8. The van der Waals surface area contributed by atoms with Gasteiger partial charge < -0.3 is 4.74 Å². The molecule has 0 aliphatic carbocycles. The lowest BCUT2D eigenvalue weighted by Gasteiger charge is -2.25. The van der Waals surface area contributed by atoms with Crippen molar-refractivity contribution in [3.8, 4) is 0 Å². The maximum atomic E-state index is 11.9. The van der Waals surface area contributed by atoms with Gasteiger partial charge in [-0.15, -0.1) is 0 Å². The highest BCUT2D eigenvalue weighted by Gasteiger charge is 2.07. The number of hydrogen-bond donors (Lipinski definition) is 0. The Morgan fingerprint density at radius 2 is 2.00 bits per heavy atom. The molecule has 0 amide bonds. The average molecular weight is 177 g/mol. The third-order valence-corrected chi connectivity index (χ3v) is 1.89. The first-order chi connectivity index (χ1) is 5.72. The van der Waals surface area contributed by atoms with Crippen molar-refractivity contribution in [3.63, 3.8) is 0 Å². The van der Waals surface area contributed by atoms with Gasteiger partial charge in [0.2, 0.25) is 0 Å². The van der Waals surface area contributed by atoms with Gasteiger partial charge in [-0.3, -0.25) is 9.29 Å². The topological polar surface area (TPSA) is 12.5 Å². The van der Waals surface area contributed by atoms with Crippen molar-refractivity contribution in [1.82, 2.24) is 4.90 Å². The molecule has 0 aromatic carbocycles. The number of rotatable bonds is 7. The van der Waals surface area contributed by atoms with Crippen LogP contribution in [0.2, 0.25) is 0 Å². The van der Waals surface area contributed by atoms with Gasteiger partial charge in [0.1, 0.15) is 0 Å². The van der Waals surface area contributed by atoms with Crippen LogP contribution in [0, 0.1) is 0 Å². The van der Waals surface area contributed by atoms with Crippen LogP contribution in [0.5, 0.6) is 0 Å². The summed E-state index contributed by atoms with van der Waals surface area (Å²) in [6.45, 7) is 6.47. The van der Waals surface area contributed by atoms with E-state index in [9.17, 15) is 4.39 Å². The standard InChI is InChI=1S/C9H20FNO/c1-9(2)11(6-4-5-10)7-8-12-3/h9H,4-8H2,1-3H3. The number of nitrogens with zero attached hydrogens (tertiary/aromatic N) is 1. The lowest BCUT2D eigenvalue weighted by atomic mass is 10.3. The second kappa shape index (κ2) is 7.50. The Morgan fingerprint density at radius 3 is 2.42 bits per heavy atom. The monoisotopic (exact) mass is 177 g/mol. The third-order valence-electron chi connectivity index (χ3n) is 1.89. The first-order valence-electron chi connectivity index (χ1n) is 4.51. The molecule has 12 heavy (non-hydrogen) atoms. The molecule has 74 valence electrons. The Balaban J connectivity index is 3.55. The molecule has 3 heteroatoms. The summed E-state index contributed by atoms with van der Waals surface area (Å²) in [6, 6.07) is 0.478. The molecule has 0 heterocycles. The van der Waals surface area contributed by atoms with E-state index in [2.05, 4.69) is 18.7 Å². The predicted octanol–water partition coefficient (Wildman–Crippen LogP) is 1.70. The van der Waals surface area contributed by atoms with E-state index in [0.717, 1.165) is 19.7 Å². The summed E-state index contributed by atoms with van der Waals surface area (Å²) < 4.78 is 16.8. The molecule has 0 spiro atoms. The van der Waals surface area contributed by atoms with Crippen LogP contribution >= 0.6 is 0 Å². The molecule has 2 nitrogen and oxygen atoms in total. The van der Waals surface area contributed by atoms with E-state index in [1.807, 2.05) is 0 Å². The summed E-state index contributed by atoms with van der Waals surface area (Å²) in [7, 11) is 1.69. The van der Waals surface area contributed by atoms with E-state index in [-0.39, 0.29) is 6.67 Å². The van der Waals surface area contributed by atoms with Gasteiger partial charge in [-0.1, -0.05) is 0 Å². The molecular weight excluding hydrogens is 157 g/mol. The van der Waals surface area contributed by atoms with Crippen molar-refractivity contribution in [2.45, 2.75) is 26.3 Å². The normalized spacial score (nSPS) is 11.5. The third kappa shape index (κ3) is 5.49. The maximum Gasteiger partial charge on any atom is 0.0906 e. The zero-order chi connectivity index (χ0) is 9.40. The van der Waals surface area contributed by atoms with Crippen molar-refractivity contribution >= 4 is 0 Å². The highest BCUT2D eigenvalue weighted by Crippen LogP contribution is 1.99. The van der Waals surface area contributed by atoms with Crippen LogP contribution in [0.4, 0.5) is 4.39 Å². The largest absolute Gasteiger partial charge is 0.383 e. The smallest absolute Gasteiger partial charge is 0.0906 e. The molecule has 0 atom stereocenters. The van der Waals surface area contributed by atoms with Gasteiger partial charge in [-0.25, -0.2) is 0 Å². The summed E-state index contributed by atoms with van der Waals surface area (Å²) >= 11 is 0. The molecule has 0 saturated heterocycles. The molecule has 0 saturated carbocycles. The molecule has 0 fully saturated rings. The molecule has 0 unspecified atom stereocenters. The van der Waals surface area contributed by atoms with Crippen LogP contribution in [-0.2, 0) is 4.74 Å². The van der Waals surface area contributed by atoms with Crippen LogP contribution in [0.15, 0.2) is 0 Å². The number of alkyl halides is 1. The van der Waals surface area contributed by atoms with E-state index >= 15 is 0 Å². The average Bonchev–Trinajstić information content (AvgIpc) is 2.04. The first-order valence-corrected chi connectivity index (χ1v) is 4.51. The molecule has 0 N–H and O–H groups in total. The summed E-state index contributed by atoms with van der Waals surface area (Å²) in [4.78, 5) is 2.23. The van der Waals surface area contributed by atoms with Crippen LogP contribution in [0.3, 0.4) is 0 Å². The molecule has 0 rings (SSSR count). The van der Waals surface area contributed by atoms with Gasteiger partial charge in [-0.2, -0.15) is 0 Å². The van der Waals surface area contributed by atoms with Crippen LogP contribution < -0.4 is 0 Å². The zero-order valence-corrected chi connectivity index (χ0v) is 8.35. The quantitative estimate of drug-likeness (QED) is 0.587. The lowest BCUT2D eigenvalue weighted by Crippen LogP contribution is -2.34. The zero-order valence-electron chi connectivity index (χ0n) is 8.35. The van der Waals surface area contributed by atoms with E-state index in [4.69, 9.17) is 4.74 Å². The Kier molecular flexibility index (Phi) is 7.40. The number of halogens is 1. The van der Waals surface area contributed by atoms with Crippen molar-refractivity contribution < 1.29 is 9.13 Å². The SMILES string of the molecule is COCCN(CCCF)C(C)C. The van der Waals surface area contributed by atoms with E-state index in [1.54, 1.807) is 7.11 Å². The second-order valence-electron chi connectivity index (χ2n) is 3.17. The Labute approximate surface area is 74.7 Å². The fraction of sp³-hybridized carbons (Fsp3) is 1.00. The molecule has 0 aliphatic heterocycles. The van der Waals surface area contributed by atoms with E-state index in [1.165, 1.54) is 0 Å². The van der Waals surface area contributed by atoms with E-state index < -0.39 is 0 Å². The van der Waals surface area contributed by atoms with E-state index in [0.29, 0.717) is 12.5 Å². The van der Waals surface area contributed by atoms with Crippen molar-refractivity contribution in [1.29, 1.82) is 0 Å². The molecule has 0 aromatic heterocycles.